The molecule has 2 atom stereocenters. The highest BCUT2D eigenvalue weighted by Gasteiger charge is 2.30. The van der Waals surface area contributed by atoms with Gasteiger partial charge < -0.3 is 25.6 Å². The van der Waals surface area contributed by atoms with E-state index in [-0.39, 0.29) is 45.6 Å². The molecule has 0 spiro atoms. The van der Waals surface area contributed by atoms with Crippen LogP contribution in [0.5, 0.6) is 0 Å². The molecule has 192 valence electrons. The van der Waals surface area contributed by atoms with Gasteiger partial charge in [0, 0.05) is 63.3 Å². The van der Waals surface area contributed by atoms with Gasteiger partial charge in [-0.25, -0.2) is 0 Å². The molecular formula is C22H30N4O9. The molecule has 0 aromatic rings. The predicted octanol–water partition coefficient (Wildman–Crippen LogP) is -2.63. The zero-order valence-corrected chi connectivity index (χ0v) is 19.6. The van der Waals surface area contributed by atoms with E-state index in [4.69, 9.17) is 4.74 Å². The SMILES string of the molecule is CC(C)(OCC(O)CNC(=O)CCN1C(=O)C=CC1=O)C(O)CNC(=O)CCN1C(=O)C=CC1=O. The van der Waals surface area contributed by atoms with Gasteiger partial charge in [-0.15, -0.1) is 0 Å². The zero-order valence-electron chi connectivity index (χ0n) is 19.6. The largest absolute Gasteiger partial charge is 0.389 e. The van der Waals surface area contributed by atoms with E-state index in [1.165, 1.54) is 0 Å². The number of carbonyl (C=O) groups is 6. The second-order valence-electron chi connectivity index (χ2n) is 8.52. The number of carbonyl (C=O) groups excluding carboxylic acids is 6. The third kappa shape index (κ3) is 8.38. The van der Waals surface area contributed by atoms with Gasteiger partial charge in [-0.3, -0.25) is 38.6 Å². The van der Waals surface area contributed by atoms with Crippen molar-refractivity contribution in [1.82, 2.24) is 20.4 Å². The molecule has 0 fully saturated rings. The van der Waals surface area contributed by atoms with Gasteiger partial charge >= 0.3 is 0 Å². The average molecular weight is 495 g/mol. The molecule has 2 aliphatic rings. The van der Waals surface area contributed by atoms with Crippen LogP contribution in [0.4, 0.5) is 0 Å². The predicted molar refractivity (Wildman–Crippen MR) is 119 cm³/mol. The van der Waals surface area contributed by atoms with E-state index in [9.17, 15) is 39.0 Å². The number of aliphatic hydroxyl groups excluding tert-OH is 2. The highest BCUT2D eigenvalue weighted by molar-refractivity contribution is 6.13. The molecule has 4 N–H and O–H groups in total. The average Bonchev–Trinajstić information content (AvgIpc) is 3.31. The fourth-order valence-electron chi connectivity index (χ4n) is 3.06. The summed E-state index contributed by atoms with van der Waals surface area (Å²) in [6.07, 6.45) is 2.02. The minimum Gasteiger partial charge on any atom is -0.389 e. The smallest absolute Gasteiger partial charge is 0.253 e. The van der Waals surface area contributed by atoms with Crippen LogP contribution in [0.3, 0.4) is 0 Å². The molecule has 2 heterocycles. The van der Waals surface area contributed by atoms with Crippen molar-refractivity contribution in [3.05, 3.63) is 24.3 Å². The topological polar surface area (TPSA) is 183 Å². The molecule has 0 radical (unpaired) electrons. The van der Waals surface area contributed by atoms with E-state index < -0.39 is 53.3 Å². The molecule has 0 saturated carbocycles. The Morgan fingerprint density at radius 3 is 1.66 bits per heavy atom. The number of nitrogens with zero attached hydrogens (tertiary/aromatic N) is 2. The second-order valence-corrected chi connectivity index (χ2v) is 8.52. The Hall–Kier alpha value is -3.42. The molecule has 13 nitrogen and oxygen atoms in total. The van der Waals surface area contributed by atoms with Gasteiger partial charge in [-0.1, -0.05) is 0 Å². The van der Waals surface area contributed by atoms with Crippen LogP contribution in [0.2, 0.25) is 0 Å². The van der Waals surface area contributed by atoms with Crippen LogP contribution < -0.4 is 10.6 Å². The van der Waals surface area contributed by atoms with Crippen LogP contribution in [0, 0.1) is 0 Å². The standard InChI is InChI=1S/C22H30N4O9/c1-22(2,15(28)12-24-17(30)8-10-26-20(33)5-6-21(26)34)35-13-14(27)11-23-16(29)7-9-25-18(31)3-4-19(25)32/h3-6,14-15,27-28H,7-13H2,1-2H3,(H,23,29)(H,24,30). The molecule has 6 amide bonds. The van der Waals surface area contributed by atoms with Gasteiger partial charge in [0.2, 0.25) is 11.8 Å². The maximum absolute atomic E-state index is 12.0. The van der Waals surface area contributed by atoms with E-state index in [2.05, 4.69) is 10.6 Å². The van der Waals surface area contributed by atoms with Crippen LogP contribution in [-0.2, 0) is 33.5 Å². The molecule has 0 aromatic heterocycles. The highest BCUT2D eigenvalue weighted by Crippen LogP contribution is 2.15. The van der Waals surface area contributed by atoms with Crippen molar-refractivity contribution in [2.45, 2.75) is 44.5 Å². The summed E-state index contributed by atoms with van der Waals surface area (Å²) in [7, 11) is 0. The minimum atomic E-state index is -1.16. The fraction of sp³-hybridized carbons (Fsp3) is 0.545. The number of ether oxygens (including phenoxy) is 1. The summed E-state index contributed by atoms with van der Waals surface area (Å²) in [5.41, 5.74) is -1.16. The lowest BCUT2D eigenvalue weighted by Gasteiger charge is -2.32. The monoisotopic (exact) mass is 494 g/mol. The summed E-state index contributed by atoms with van der Waals surface area (Å²) in [6.45, 7) is 2.42. The van der Waals surface area contributed by atoms with Gasteiger partial charge in [-0.05, 0) is 13.8 Å². The van der Waals surface area contributed by atoms with Crippen molar-refractivity contribution in [1.29, 1.82) is 0 Å². The second kappa shape index (κ2) is 12.3. The summed E-state index contributed by atoms with van der Waals surface area (Å²) in [6, 6.07) is 0. The number of amides is 6. The van der Waals surface area contributed by atoms with Crippen molar-refractivity contribution >= 4 is 35.4 Å². The van der Waals surface area contributed by atoms with E-state index >= 15 is 0 Å². The lowest BCUT2D eigenvalue weighted by Crippen LogP contribution is -2.48. The van der Waals surface area contributed by atoms with Crippen LogP contribution in [0.25, 0.3) is 0 Å². The molecule has 35 heavy (non-hydrogen) atoms. The van der Waals surface area contributed by atoms with Crippen molar-refractivity contribution in [3.8, 4) is 0 Å². The van der Waals surface area contributed by atoms with Crippen LogP contribution >= 0.6 is 0 Å². The fourth-order valence-corrected chi connectivity index (χ4v) is 3.06. The first-order valence-corrected chi connectivity index (χ1v) is 11.0. The number of hydrogen-bond donors (Lipinski definition) is 4. The first-order chi connectivity index (χ1) is 16.4. The summed E-state index contributed by atoms with van der Waals surface area (Å²) >= 11 is 0. The van der Waals surface area contributed by atoms with Crippen molar-refractivity contribution in [2.75, 3.05) is 32.8 Å². The van der Waals surface area contributed by atoms with E-state index in [0.29, 0.717) is 0 Å². The van der Waals surface area contributed by atoms with Crippen LogP contribution in [0.1, 0.15) is 26.7 Å². The normalized spacial score (nSPS) is 17.4. The third-order valence-corrected chi connectivity index (χ3v) is 5.40. The Kier molecular flexibility index (Phi) is 9.80. The first-order valence-electron chi connectivity index (χ1n) is 11.0. The summed E-state index contributed by atoms with van der Waals surface area (Å²) in [4.78, 5) is 71.6. The molecule has 0 bridgehead atoms. The Bertz CT molecular complexity index is 892. The number of nitrogens with one attached hydrogen (secondary N) is 2. The molecule has 0 saturated heterocycles. The minimum absolute atomic E-state index is 0.0738. The lowest BCUT2D eigenvalue weighted by molar-refractivity contribution is -0.139. The molecule has 2 rings (SSSR count). The number of rotatable bonds is 14. The van der Waals surface area contributed by atoms with Gasteiger partial charge in [0.15, 0.2) is 0 Å². The van der Waals surface area contributed by atoms with E-state index in [0.717, 1.165) is 34.1 Å². The summed E-state index contributed by atoms with van der Waals surface area (Å²) in [5, 5.41) is 25.4. The summed E-state index contributed by atoms with van der Waals surface area (Å²) in [5.74, 6) is -2.87. The zero-order chi connectivity index (χ0) is 26.2. The van der Waals surface area contributed by atoms with Gasteiger partial charge in [0.05, 0.1) is 24.4 Å². The molecular weight excluding hydrogens is 464 g/mol. The molecule has 2 unspecified atom stereocenters. The number of aliphatic hydroxyl groups is 2. The quantitative estimate of drug-likeness (QED) is 0.188. The van der Waals surface area contributed by atoms with Gasteiger partial charge in [0.25, 0.3) is 23.6 Å². The number of hydrogen-bond acceptors (Lipinski definition) is 9. The highest BCUT2D eigenvalue weighted by atomic mass is 16.5. The van der Waals surface area contributed by atoms with Gasteiger partial charge in [0.1, 0.15) is 0 Å². The molecule has 0 aromatic carbocycles. The Labute approximate surface area is 201 Å². The van der Waals surface area contributed by atoms with Crippen molar-refractivity contribution < 1.29 is 43.7 Å². The summed E-state index contributed by atoms with van der Waals surface area (Å²) < 4.78 is 5.54. The van der Waals surface area contributed by atoms with E-state index in [1.54, 1.807) is 13.8 Å². The molecule has 13 heteroatoms. The third-order valence-electron chi connectivity index (χ3n) is 5.40. The molecule has 0 aliphatic carbocycles. The Morgan fingerprint density at radius 2 is 1.23 bits per heavy atom. The molecule has 2 aliphatic heterocycles. The first kappa shape index (κ1) is 27.8. The maximum atomic E-state index is 12.0. The Balaban J connectivity index is 1.62. The number of imide groups is 2. The van der Waals surface area contributed by atoms with E-state index in [1.807, 2.05) is 0 Å². The van der Waals surface area contributed by atoms with Crippen LogP contribution in [-0.4, -0.2) is 106 Å². The Morgan fingerprint density at radius 1 is 0.829 bits per heavy atom. The van der Waals surface area contributed by atoms with Gasteiger partial charge in [-0.2, -0.15) is 0 Å². The van der Waals surface area contributed by atoms with Crippen molar-refractivity contribution in [2.24, 2.45) is 0 Å². The maximum Gasteiger partial charge on any atom is 0.253 e. The lowest BCUT2D eigenvalue weighted by atomic mass is 10.0. The van der Waals surface area contributed by atoms with Crippen LogP contribution in [0.15, 0.2) is 24.3 Å². The van der Waals surface area contributed by atoms with Crippen molar-refractivity contribution in [3.63, 3.8) is 0 Å².